The molecule has 0 heterocycles. The van der Waals surface area contributed by atoms with Crippen LogP contribution in [0.2, 0.25) is 0 Å². The van der Waals surface area contributed by atoms with Gasteiger partial charge in [0.25, 0.3) is 0 Å². The molecule has 1 aliphatic carbocycles. The normalized spacial score (nSPS) is 20.8. The molecule has 25 heavy (non-hydrogen) atoms. The molecule has 0 aromatic heterocycles. The van der Waals surface area contributed by atoms with E-state index in [1.165, 1.54) is 24.3 Å². The monoisotopic (exact) mass is 364 g/mol. The van der Waals surface area contributed by atoms with Crippen LogP contribution in [0, 0.1) is 23.5 Å². The molecule has 0 N–H and O–H groups in total. The lowest BCUT2D eigenvalue weighted by atomic mass is 9.96. The lowest BCUT2D eigenvalue weighted by molar-refractivity contribution is 0.406. The Kier molecular flexibility index (Phi) is 5.23. The van der Waals surface area contributed by atoms with E-state index in [9.17, 15) is 17.2 Å². The van der Waals surface area contributed by atoms with Crippen LogP contribution in [0.1, 0.15) is 32.6 Å². The highest BCUT2D eigenvalue weighted by atomic mass is 32.2. The topological polar surface area (TPSA) is 34.1 Å². The van der Waals surface area contributed by atoms with E-state index >= 15 is 0 Å². The Balaban J connectivity index is 1.81. The second kappa shape index (κ2) is 7.24. The lowest BCUT2D eigenvalue weighted by Gasteiger charge is -2.18. The average molecular weight is 364 g/mol. The number of sulfone groups is 1. The largest absolute Gasteiger partial charge is 0.224 e. The van der Waals surface area contributed by atoms with Crippen LogP contribution >= 0.6 is 0 Å². The summed E-state index contributed by atoms with van der Waals surface area (Å²) in [5.74, 6) is -0.406. The van der Waals surface area contributed by atoms with E-state index in [1.54, 1.807) is 12.1 Å². The van der Waals surface area contributed by atoms with Crippen molar-refractivity contribution in [3.63, 3.8) is 0 Å². The molecule has 1 saturated carbocycles. The Morgan fingerprint density at radius 1 is 1.00 bits per heavy atom. The second-order valence-corrected chi connectivity index (χ2v) is 8.82. The van der Waals surface area contributed by atoms with E-state index < -0.39 is 21.5 Å². The zero-order valence-electron chi connectivity index (χ0n) is 14.2. The van der Waals surface area contributed by atoms with E-state index in [2.05, 4.69) is 6.92 Å². The molecule has 2 atom stereocenters. The molecule has 2 aromatic rings. The molecule has 0 amide bonds. The van der Waals surface area contributed by atoms with Crippen LogP contribution in [0.3, 0.4) is 0 Å². The Hall–Kier alpha value is -1.75. The van der Waals surface area contributed by atoms with Crippen molar-refractivity contribution < 1.29 is 17.2 Å². The fourth-order valence-electron chi connectivity index (χ4n) is 3.81. The van der Waals surface area contributed by atoms with Gasteiger partial charge in [-0.3, -0.25) is 0 Å². The number of hydrogen-bond donors (Lipinski definition) is 0. The molecule has 0 saturated heterocycles. The van der Waals surface area contributed by atoms with Crippen LogP contribution in [-0.4, -0.2) is 14.2 Å². The van der Waals surface area contributed by atoms with Gasteiger partial charge in [0.1, 0.15) is 11.6 Å². The summed E-state index contributed by atoms with van der Waals surface area (Å²) in [6, 6.07) is 9.56. The summed E-state index contributed by atoms with van der Waals surface area (Å²) in [5, 5.41) is 0. The molecular weight excluding hydrogens is 342 g/mol. The highest BCUT2D eigenvalue weighted by Gasteiger charge is 2.30. The van der Waals surface area contributed by atoms with Gasteiger partial charge >= 0.3 is 0 Å². The number of hydrogen-bond acceptors (Lipinski definition) is 2. The maximum atomic E-state index is 13.9. The van der Waals surface area contributed by atoms with Crippen molar-refractivity contribution in [2.45, 2.75) is 37.5 Å². The summed E-state index contributed by atoms with van der Waals surface area (Å²) in [6.45, 7) is 2.11. The zero-order chi connectivity index (χ0) is 18.0. The molecule has 3 rings (SSSR count). The quantitative estimate of drug-likeness (QED) is 0.728. The van der Waals surface area contributed by atoms with Crippen LogP contribution in [-0.2, 0) is 9.84 Å². The lowest BCUT2D eigenvalue weighted by Crippen LogP contribution is -2.19. The van der Waals surface area contributed by atoms with Crippen LogP contribution in [0.5, 0.6) is 0 Å². The van der Waals surface area contributed by atoms with Crippen molar-refractivity contribution in [3.8, 4) is 11.1 Å². The fourth-order valence-corrected chi connectivity index (χ4v) is 5.56. The zero-order valence-corrected chi connectivity index (χ0v) is 15.0. The van der Waals surface area contributed by atoms with E-state index in [0.717, 1.165) is 31.7 Å². The van der Waals surface area contributed by atoms with E-state index in [-0.39, 0.29) is 22.1 Å². The summed E-state index contributed by atoms with van der Waals surface area (Å²) in [5.41, 5.74) is 0.788. The number of rotatable bonds is 5. The predicted molar refractivity (Wildman–Crippen MR) is 95.0 cm³/mol. The van der Waals surface area contributed by atoms with Crippen LogP contribution in [0.25, 0.3) is 11.1 Å². The fraction of sp³-hybridized carbons (Fsp3) is 0.400. The van der Waals surface area contributed by atoms with Gasteiger partial charge in [0, 0.05) is 11.6 Å². The van der Waals surface area contributed by atoms with Crippen LogP contribution in [0.15, 0.2) is 47.4 Å². The molecule has 1 unspecified atom stereocenters. The predicted octanol–water partition coefficient (Wildman–Crippen LogP) is 5.23. The summed E-state index contributed by atoms with van der Waals surface area (Å²) in [6.07, 6.45) is 4.19. The first kappa shape index (κ1) is 18.1. The molecular formula is C20H22F2O2S. The van der Waals surface area contributed by atoms with Gasteiger partial charge in [-0.15, -0.1) is 0 Å². The Morgan fingerprint density at radius 2 is 1.68 bits per heavy atom. The molecule has 1 aliphatic rings. The van der Waals surface area contributed by atoms with E-state index in [0.29, 0.717) is 11.5 Å². The third-order valence-corrected chi connectivity index (χ3v) is 7.09. The minimum Gasteiger partial charge on any atom is -0.224 e. The van der Waals surface area contributed by atoms with Gasteiger partial charge in [-0.2, -0.15) is 0 Å². The molecule has 0 bridgehead atoms. The van der Waals surface area contributed by atoms with Gasteiger partial charge in [0.05, 0.1) is 10.6 Å². The van der Waals surface area contributed by atoms with Gasteiger partial charge in [-0.05, 0) is 48.1 Å². The van der Waals surface area contributed by atoms with Crippen molar-refractivity contribution in [1.29, 1.82) is 0 Å². The van der Waals surface area contributed by atoms with Crippen molar-refractivity contribution in [3.05, 3.63) is 54.1 Å². The minimum atomic E-state index is -3.36. The molecule has 2 aromatic carbocycles. The molecule has 0 radical (unpaired) electrons. The number of benzene rings is 2. The first-order valence-corrected chi connectivity index (χ1v) is 10.3. The first-order valence-electron chi connectivity index (χ1n) is 8.69. The van der Waals surface area contributed by atoms with Gasteiger partial charge in [-0.1, -0.05) is 38.3 Å². The summed E-state index contributed by atoms with van der Waals surface area (Å²) in [7, 11) is -3.36. The summed E-state index contributed by atoms with van der Waals surface area (Å²) >= 11 is 0. The SMILES string of the molecule is CC[C@H]1CCCC1CS(=O)(=O)c1ccc(-c2ccc(F)cc2F)cc1. The maximum absolute atomic E-state index is 13.9. The van der Waals surface area contributed by atoms with Crippen molar-refractivity contribution in [2.75, 3.05) is 5.75 Å². The van der Waals surface area contributed by atoms with Crippen molar-refractivity contribution in [1.82, 2.24) is 0 Å². The highest BCUT2D eigenvalue weighted by Crippen LogP contribution is 2.36. The molecule has 2 nitrogen and oxygen atoms in total. The molecule has 1 fully saturated rings. The van der Waals surface area contributed by atoms with E-state index in [1.807, 2.05) is 0 Å². The minimum absolute atomic E-state index is 0.176. The summed E-state index contributed by atoms with van der Waals surface area (Å²) in [4.78, 5) is 0.264. The Morgan fingerprint density at radius 3 is 2.32 bits per heavy atom. The molecule has 134 valence electrons. The summed E-state index contributed by atoms with van der Waals surface area (Å²) < 4.78 is 52.3. The Bertz CT molecular complexity index is 844. The van der Waals surface area contributed by atoms with Crippen molar-refractivity contribution in [2.24, 2.45) is 11.8 Å². The first-order chi connectivity index (χ1) is 11.9. The van der Waals surface area contributed by atoms with Gasteiger partial charge in [0.15, 0.2) is 9.84 Å². The Labute approximate surface area is 147 Å². The standard InChI is InChI=1S/C20H22F2O2S/c1-2-14-4-3-5-16(14)13-25(23,24)18-9-6-15(7-10-18)19-11-8-17(21)12-20(19)22/h6-12,14,16H,2-5,13H2,1H3/t14-,16?/m0/s1. The van der Waals surface area contributed by atoms with Crippen molar-refractivity contribution >= 4 is 9.84 Å². The molecule has 5 heteroatoms. The van der Waals surface area contributed by atoms with Gasteiger partial charge < -0.3 is 0 Å². The van der Waals surface area contributed by atoms with Gasteiger partial charge in [0.2, 0.25) is 0 Å². The average Bonchev–Trinajstić information content (AvgIpc) is 3.01. The second-order valence-electron chi connectivity index (χ2n) is 6.79. The molecule has 0 spiro atoms. The van der Waals surface area contributed by atoms with Crippen LogP contribution in [0.4, 0.5) is 8.78 Å². The smallest absolute Gasteiger partial charge is 0.178 e. The maximum Gasteiger partial charge on any atom is 0.178 e. The highest BCUT2D eigenvalue weighted by molar-refractivity contribution is 7.91. The number of halogens is 2. The molecule has 0 aliphatic heterocycles. The van der Waals surface area contributed by atoms with Gasteiger partial charge in [-0.25, -0.2) is 17.2 Å². The third kappa shape index (κ3) is 3.92. The van der Waals surface area contributed by atoms with E-state index in [4.69, 9.17) is 0 Å². The van der Waals surface area contributed by atoms with Crippen LogP contribution < -0.4 is 0 Å². The third-order valence-electron chi connectivity index (χ3n) is 5.23.